The number of piperidine rings is 1. The summed E-state index contributed by atoms with van der Waals surface area (Å²) in [6.45, 7) is 5.46. The van der Waals surface area contributed by atoms with Crippen LogP contribution in [0.3, 0.4) is 0 Å². The highest BCUT2D eigenvalue weighted by atomic mass is 35.5. The van der Waals surface area contributed by atoms with Crippen LogP contribution in [0, 0.1) is 0 Å². The summed E-state index contributed by atoms with van der Waals surface area (Å²) >= 11 is 6.21. The van der Waals surface area contributed by atoms with E-state index in [-0.39, 0.29) is 6.10 Å². The number of anilines is 1. The van der Waals surface area contributed by atoms with Gasteiger partial charge in [-0.2, -0.15) is 0 Å². The zero-order valence-corrected chi connectivity index (χ0v) is 12.2. The second-order valence-electron chi connectivity index (χ2n) is 5.08. The number of rotatable bonds is 5. The molecule has 2 rings (SSSR count). The first-order chi connectivity index (χ1) is 9.19. The molecule has 1 atom stereocenters. The van der Waals surface area contributed by atoms with Gasteiger partial charge in [0, 0.05) is 19.6 Å². The molecular weight excluding hydrogens is 262 g/mol. The van der Waals surface area contributed by atoms with E-state index in [2.05, 4.69) is 22.1 Å². The fraction of sp³-hybridized carbons (Fsp3) is 0.643. The molecule has 19 heavy (non-hydrogen) atoms. The number of nitrogens with one attached hydrogen (secondary N) is 1. The molecule has 1 fully saturated rings. The number of β-amino-alcohol motifs (C(OH)–C–C–N with tert-alkyl or cyclic N) is 1. The van der Waals surface area contributed by atoms with Crippen LogP contribution >= 0.6 is 11.6 Å². The summed E-state index contributed by atoms with van der Waals surface area (Å²) in [6, 6.07) is 3.80. The molecule has 0 aromatic carbocycles. The standard InChI is InChI=1S/C14H22ClN3O/c1-2-7-16-14-6-5-12(15)13(17-14)10-18-8-3-4-11(19)9-18/h5-6,11,19H,2-4,7-10H2,1H3,(H,16,17). The van der Waals surface area contributed by atoms with Crippen molar-refractivity contribution >= 4 is 17.4 Å². The molecule has 0 saturated carbocycles. The van der Waals surface area contributed by atoms with Crippen LogP contribution in [0.4, 0.5) is 5.82 Å². The summed E-state index contributed by atoms with van der Waals surface area (Å²) in [6.07, 6.45) is 2.79. The largest absolute Gasteiger partial charge is 0.392 e. The lowest BCUT2D eigenvalue weighted by Gasteiger charge is -2.29. The van der Waals surface area contributed by atoms with E-state index in [0.717, 1.165) is 43.9 Å². The highest BCUT2D eigenvalue weighted by Gasteiger charge is 2.19. The quantitative estimate of drug-likeness (QED) is 0.872. The average molecular weight is 284 g/mol. The Hall–Kier alpha value is -0.840. The highest BCUT2D eigenvalue weighted by Crippen LogP contribution is 2.20. The van der Waals surface area contributed by atoms with Crippen LogP contribution < -0.4 is 5.32 Å². The third-order valence-corrected chi connectivity index (χ3v) is 3.67. The normalized spacial score (nSPS) is 20.5. The van der Waals surface area contributed by atoms with E-state index in [1.807, 2.05) is 12.1 Å². The lowest BCUT2D eigenvalue weighted by atomic mass is 10.1. The molecule has 2 heterocycles. The third-order valence-electron chi connectivity index (χ3n) is 3.33. The van der Waals surface area contributed by atoms with E-state index in [1.165, 1.54) is 0 Å². The van der Waals surface area contributed by atoms with Crippen LogP contribution in [0.2, 0.25) is 5.02 Å². The van der Waals surface area contributed by atoms with Crippen LogP contribution in [-0.4, -0.2) is 40.7 Å². The molecule has 4 nitrogen and oxygen atoms in total. The molecule has 5 heteroatoms. The number of pyridine rings is 1. The minimum absolute atomic E-state index is 0.214. The number of hydrogen-bond donors (Lipinski definition) is 2. The second kappa shape index (κ2) is 7.08. The van der Waals surface area contributed by atoms with E-state index in [1.54, 1.807) is 0 Å². The maximum Gasteiger partial charge on any atom is 0.126 e. The Balaban J connectivity index is 2.01. The molecule has 1 aromatic rings. The van der Waals surface area contributed by atoms with Gasteiger partial charge in [-0.15, -0.1) is 0 Å². The SMILES string of the molecule is CCCNc1ccc(Cl)c(CN2CCCC(O)C2)n1. The number of aliphatic hydroxyl groups excluding tert-OH is 1. The minimum Gasteiger partial charge on any atom is -0.392 e. The van der Waals surface area contributed by atoms with Gasteiger partial charge in [-0.25, -0.2) is 4.98 Å². The Morgan fingerprint density at radius 3 is 3.11 bits per heavy atom. The van der Waals surface area contributed by atoms with Crippen LogP contribution in [0.15, 0.2) is 12.1 Å². The van der Waals surface area contributed by atoms with Crippen LogP contribution in [0.5, 0.6) is 0 Å². The minimum atomic E-state index is -0.214. The summed E-state index contributed by atoms with van der Waals surface area (Å²) in [5.74, 6) is 0.874. The van der Waals surface area contributed by atoms with E-state index >= 15 is 0 Å². The Morgan fingerprint density at radius 2 is 2.37 bits per heavy atom. The molecule has 1 aliphatic heterocycles. The summed E-state index contributed by atoms with van der Waals surface area (Å²) < 4.78 is 0. The van der Waals surface area contributed by atoms with Gasteiger partial charge in [-0.3, -0.25) is 4.90 Å². The van der Waals surface area contributed by atoms with Crippen molar-refractivity contribution < 1.29 is 5.11 Å². The summed E-state index contributed by atoms with van der Waals surface area (Å²) in [5, 5.41) is 13.7. The molecule has 2 N–H and O–H groups in total. The summed E-state index contributed by atoms with van der Waals surface area (Å²) in [4.78, 5) is 6.78. The summed E-state index contributed by atoms with van der Waals surface area (Å²) in [5.41, 5.74) is 0.886. The van der Waals surface area contributed by atoms with Crippen molar-refractivity contribution in [3.63, 3.8) is 0 Å². The first-order valence-corrected chi connectivity index (χ1v) is 7.36. The molecule has 0 spiro atoms. The van der Waals surface area contributed by atoms with Gasteiger partial charge in [0.25, 0.3) is 0 Å². The number of aliphatic hydroxyl groups is 1. The van der Waals surface area contributed by atoms with Gasteiger partial charge in [0.1, 0.15) is 5.82 Å². The van der Waals surface area contributed by atoms with E-state index in [9.17, 15) is 5.11 Å². The fourth-order valence-electron chi connectivity index (χ4n) is 2.33. The first kappa shape index (κ1) is 14.6. The molecule has 0 bridgehead atoms. The first-order valence-electron chi connectivity index (χ1n) is 6.98. The Bertz CT molecular complexity index is 414. The van der Waals surface area contributed by atoms with Gasteiger partial charge in [-0.1, -0.05) is 18.5 Å². The molecule has 0 radical (unpaired) electrons. The van der Waals surface area contributed by atoms with Crippen LogP contribution in [0.25, 0.3) is 0 Å². The predicted octanol–water partition coefficient (Wildman–Crippen LogP) is 2.51. The van der Waals surface area contributed by atoms with Crippen molar-refractivity contribution in [2.24, 2.45) is 0 Å². The van der Waals surface area contributed by atoms with Crippen molar-refractivity contribution in [2.75, 3.05) is 25.0 Å². The van der Waals surface area contributed by atoms with E-state index in [0.29, 0.717) is 18.1 Å². The number of nitrogens with zero attached hydrogens (tertiary/aromatic N) is 2. The molecule has 1 aliphatic rings. The zero-order valence-electron chi connectivity index (χ0n) is 11.4. The fourth-order valence-corrected chi connectivity index (χ4v) is 2.50. The van der Waals surface area contributed by atoms with Crippen LogP contribution in [0.1, 0.15) is 31.9 Å². The average Bonchev–Trinajstić information content (AvgIpc) is 2.40. The number of aromatic nitrogens is 1. The lowest BCUT2D eigenvalue weighted by molar-refractivity contribution is 0.0662. The van der Waals surface area contributed by atoms with Crippen molar-refractivity contribution in [3.8, 4) is 0 Å². The Kier molecular flexibility index (Phi) is 5.43. The lowest BCUT2D eigenvalue weighted by Crippen LogP contribution is -2.37. The van der Waals surface area contributed by atoms with Gasteiger partial charge in [0.15, 0.2) is 0 Å². The third kappa shape index (κ3) is 4.34. The maximum atomic E-state index is 9.69. The van der Waals surface area contributed by atoms with Crippen molar-refractivity contribution in [3.05, 3.63) is 22.8 Å². The maximum absolute atomic E-state index is 9.69. The van der Waals surface area contributed by atoms with E-state index < -0.39 is 0 Å². The van der Waals surface area contributed by atoms with Gasteiger partial charge < -0.3 is 10.4 Å². The van der Waals surface area contributed by atoms with Gasteiger partial charge in [-0.05, 0) is 37.9 Å². The Morgan fingerprint density at radius 1 is 1.53 bits per heavy atom. The molecular formula is C14H22ClN3O. The smallest absolute Gasteiger partial charge is 0.126 e. The van der Waals surface area contributed by atoms with Crippen molar-refractivity contribution in [2.45, 2.75) is 38.8 Å². The molecule has 1 unspecified atom stereocenters. The van der Waals surface area contributed by atoms with E-state index in [4.69, 9.17) is 11.6 Å². The molecule has 0 aliphatic carbocycles. The number of likely N-dealkylation sites (tertiary alicyclic amines) is 1. The predicted molar refractivity (Wildman–Crippen MR) is 78.5 cm³/mol. The molecule has 1 aromatic heterocycles. The highest BCUT2D eigenvalue weighted by molar-refractivity contribution is 6.31. The monoisotopic (exact) mass is 283 g/mol. The van der Waals surface area contributed by atoms with Gasteiger partial charge in [0.05, 0.1) is 16.8 Å². The Labute approximate surface area is 119 Å². The van der Waals surface area contributed by atoms with Gasteiger partial charge >= 0.3 is 0 Å². The van der Waals surface area contributed by atoms with Crippen molar-refractivity contribution in [1.82, 2.24) is 9.88 Å². The molecule has 1 saturated heterocycles. The molecule has 106 valence electrons. The van der Waals surface area contributed by atoms with Crippen LogP contribution in [-0.2, 0) is 6.54 Å². The number of halogens is 1. The second-order valence-corrected chi connectivity index (χ2v) is 5.49. The topological polar surface area (TPSA) is 48.4 Å². The van der Waals surface area contributed by atoms with Gasteiger partial charge in [0.2, 0.25) is 0 Å². The van der Waals surface area contributed by atoms with Crippen molar-refractivity contribution in [1.29, 1.82) is 0 Å². The zero-order chi connectivity index (χ0) is 13.7. The molecule has 0 amide bonds. The number of hydrogen-bond acceptors (Lipinski definition) is 4. The summed E-state index contributed by atoms with van der Waals surface area (Å²) in [7, 11) is 0.